The third-order valence-electron chi connectivity index (χ3n) is 3.43. The molecule has 5 nitrogen and oxygen atoms in total. The molecule has 0 fully saturated rings. The SMILES string of the molecule is C=CCOc1ccc(Br)cc1-c1cc(Nc2ccc(Cl)cc2)nc(N)n1. The van der Waals surface area contributed by atoms with Gasteiger partial charge in [0.1, 0.15) is 18.2 Å². The van der Waals surface area contributed by atoms with Crippen LogP contribution in [0.4, 0.5) is 17.5 Å². The molecule has 0 aliphatic heterocycles. The van der Waals surface area contributed by atoms with E-state index in [-0.39, 0.29) is 5.95 Å². The van der Waals surface area contributed by atoms with Crippen LogP contribution in [-0.4, -0.2) is 16.6 Å². The van der Waals surface area contributed by atoms with E-state index in [9.17, 15) is 0 Å². The van der Waals surface area contributed by atoms with E-state index in [0.717, 1.165) is 15.7 Å². The number of ether oxygens (including phenoxy) is 1. The Hall–Kier alpha value is -2.57. The Morgan fingerprint density at radius 1 is 1.15 bits per heavy atom. The molecular formula is C19H16BrClN4O. The summed E-state index contributed by atoms with van der Waals surface area (Å²) in [5, 5.41) is 3.86. The lowest BCUT2D eigenvalue weighted by Crippen LogP contribution is -2.02. The van der Waals surface area contributed by atoms with E-state index in [2.05, 4.69) is 37.8 Å². The topological polar surface area (TPSA) is 73.1 Å². The molecule has 3 N–H and O–H groups in total. The minimum absolute atomic E-state index is 0.161. The standard InChI is InChI=1S/C19H16BrClN4O/c1-2-9-26-17-8-3-12(20)10-15(17)16-11-18(25-19(22)24-16)23-14-6-4-13(21)5-7-14/h2-8,10-11H,1,9H2,(H3,22,23,24,25). The van der Waals surface area contributed by atoms with Gasteiger partial charge in [-0.3, -0.25) is 0 Å². The molecule has 0 unspecified atom stereocenters. The van der Waals surface area contributed by atoms with E-state index in [4.69, 9.17) is 22.1 Å². The zero-order valence-electron chi connectivity index (χ0n) is 13.7. The van der Waals surface area contributed by atoms with E-state index in [1.54, 1.807) is 18.2 Å². The largest absolute Gasteiger partial charge is 0.489 e. The van der Waals surface area contributed by atoms with Crippen molar-refractivity contribution in [3.8, 4) is 17.0 Å². The summed E-state index contributed by atoms with van der Waals surface area (Å²) in [6, 6.07) is 14.8. The van der Waals surface area contributed by atoms with Gasteiger partial charge in [-0.25, -0.2) is 4.98 Å². The highest BCUT2D eigenvalue weighted by Gasteiger charge is 2.12. The Morgan fingerprint density at radius 2 is 1.92 bits per heavy atom. The molecule has 0 aliphatic carbocycles. The average molecular weight is 432 g/mol. The molecule has 0 spiro atoms. The summed E-state index contributed by atoms with van der Waals surface area (Å²) in [6.07, 6.45) is 1.69. The highest BCUT2D eigenvalue weighted by molar-refractivity contribution is 9.10. The molecule has 0 saturated carbocycles. The Bertz CT molecular complexity index is 931. The van der Waals surface area contributed by atoms with Crippen LogP contribution < -0.4 is 15.8 Å². The minimum atomic E-state index is 0.161. The Kier molecular flexibility index (Phi) is 5.75. The van der Waals surface area contributed by atoms with Gasteiger partial charge in [-0.1, -0.05) is 40.2 Å². The fourth-order valence-electron chi connectivity index (χ4n) is 2.33. The van der Waals surface area contributed by atoms with Crippen LogP contribution in [0.1, 0.15) is 0 Å². The van der Waals surface area contributed by atoms with Crippen LogP contribution in [0.3, 0.4) is 0 Å². The second kappa shape index (κ2) is 8.21. The van der Waals surface area contributed by atoms with Crippen LogP contribution in [0.5, 0.6) is 5.75 Å². The molecule has 3 rings (SSSR count). The minimum Gasteiger partial charge on any atom is -0.489 e. The van der Waals surface area contributed by atoms with Crippen molar-refractivity contribution >= 4 is 45.0 Å². The first-order valence-electron chi connectivity index (χ1n) is 7.76. The number of rotatable bonds is 6. The van der Waals surface area contributed by atoms with Gasteiger partial charge in [0.25, 0.3) is 0 Å². The van der Waals surface area contributed by atoms with Gasteiger partial charge in [-0.05, 0) is 42.5 Å². The van der Waals surface area contributed by atoms with Crippen molar-refractivity contribution in [2.75, 3.05) is 17.7 Å². The molecule has 0 aliphatic rings. The lowest BCUT2D eigenvalue weighted by molar-refractivity contribution is 0.364. The lowest BCUT2D eigenvalue weighted by atomic mass is 10.1. The number of nitrogen functional groups attached to an aromatic ring is 1. The third-order valence-corrected chi connectivity index (χ3v) is 4.18. The van der Waals surface area contributed by atoms with E-state index < -0.39 is 0 Å². The molecule has 0 atom stereocenters. The number of anilines is 3. The van der Waals surface area contributed by atoms with Gasteiger partial charge in [0, 0.05) is 26.8 Å². The summed E-state index contributed by atoms with van der Waals surface area (Å²) >= 11 is 9.40. The maximum Gasteiger partial charge on any atom is 0.222 e. The number of aromatic nitrogens is 2. The first-order valence-corrected chi connectivity index (χ1v) is 8.93. The predicted octanol–water partition coefficient (Wildman–Crippen LogP) is 5.45. The highest BCUT2D eigenvalue weighted by atomic mass is 79.9. The molecule has 0 saturated heterocycles. The second-order valence-electron chi connectivity index (χ2n) is 5.37. The highest BCUT2D eigenvalue weighted by Crippen LogP contribution is 2.33. The quantitative estimate of drug-likeness (QED) is 0.508. The van der Waals surface area contributed by atoms with Crippen molar-refractivity contribution < 1.29 is 4.74 Å². The van der Waals surface area contributed by atoms with Crippen LogP contribution in [-0.2, 0) is 0 Å². The number of nitrogens with zero attached hydrogens (tertiary/aromatic N) is 2. The smallest absolute Gasteiger partial charge is 0.222 e. The van der Waals surface area contributed by atoms with Crippen LogP contribution in [0.15, 0.2) is 65.7 Å². The molecule has 1 aromatic heterocycles. The summed E-state index contributed by atoms with van der Waals surface area (Å²) in [6.45, 7) is 4.07. The summed E-state index contributed by atoms with van der Waals surface area (Å²) < 4.78 is 6.64. The van der Waals surface area contributed by atoms with Gasteiger partial charge < -0.3 is 15.8 Å². The molecular weight excluding hydrogens is 416 g/mol. The third kappa shape index (κ3) is 4.53. The number of hydrogen-bond donors (Lipinski definition) is 2. The second-order valence-corrected chi connectivity index (χ2v) is 6.72. The van der Waals surface area contributed by atoms with Gasteiger partial charge >= 0.3 is 0 Å². The van der Waals surface area contributed by atoms with Crippen LogP contribution in [0.2, 0.25) is 5.02 Å². The zero-order valence-corrected chi connectivity index (χ0v) is 16.1. The molecule has 2 aromatic carbocycles. The molecule has 26 heavy (non-hydrogen) atoms. The number of benzene rings is 2. The van der Waals surface area contributed by atoms with Gasteiger partial charge in [0.15, 0.2) is 0 Å². The molecule has 7 heteroatoms. The molecule has 0 bridgehead atoms. The van der Waals surface area contributed by atoms with Crippen LogP contribution in [0.25, 0.3) is 11.3 Å². The van der Waals surface area contributed by atoms with E-state index >= 15 is 0 Å². The number of nitrogens with one attached hydrogen (secondary N) is 1. The molecule has 0 radical (unpaired) electrons. The van der Waals surface area contributed by atoms with Gasteiger partial charge in [-0.2, -0.15) is 4.98 Å². The lowest BCUT2D eigenvalue weighted by Gasteiger charge is -2.12. The van der Waals surface area contributed by atoms with Crippen molar-refractivity contribution in [3.63, 3.8) is 0 Å². The number of nitrogens with two attached hydrogens (primary N) is 1. The van der Waals surface area contributed by atoms with E-state index in [1.807, 2.05) is 36.4 Å². The van der Waals surface area contributed by atoms with Crippen molar-refractivity contribution in [3.05, 3.63) is 70.7 Å². The van der Waals surface area contributed by atoms with E-state index in [1.165, 1.54) is 0 Å². The fraction of sp³-hybridized carbons (Fsp3) is 0.0526. The van der Waals surface area contributed by atoms with Crippen molar-refractivity contribution in [2.45, 2.75) is 0 Å². The Balaban J connectivity index is 1.98. The van der Waals surface area contributed by atoms with Gasteiger partial charge in [0.2, 0.25) is 5.95 Å². The monoisotopic (exact) mass is 430 g/mol. The van der Waals surface area contributed by atoms with Gasteiger partial charge in [-0.15, -0.1) is 0 Å². The van der Waals surface area contributed by atoms with Crippen molar-refractivity contribution in [1.29, 1.82) is 0 Å². The Labute approximate surface area is 165 Å². The Morgan fingerprint density at radius 3 is 2.65 bits per heavy atom. The summed E-state index contributed by atoms with van der Waals surface area (Å²) in [5.74, 6) is 1.42. The molecule has 132 valence electrons. The van der Waals surface area contributed by atoms with Crippen LogP contribution in [0, 0.1) is 0 Å². The van der Waals surface area contributed by atoms with Gasteiger partial charge in [0.05, 0.1) is 5.69 Å². The fourth-order valence-corrected chi connectivity index (χ4v) is 2.81. The van der Waals surface area contributed by atoms with Crippen molar-refractivity contribution in [2.24, 2.45) is 0 Å². The normalized spacial score (nSPS) is 10.4. The predicted molar refractivity (Wildman–Crippen MR) is 110 cm³/mol. The van der Waals surface area contributed by atoms with E-state index in [0.29, 0.717) is 28.9 Å². The zero-order chi connectivity index (χ0) is 18.5. The summed E-state index contributed by atoms with van der Waals surface area (Å²) in [7, 11) is 0. The average Bonchev–Trinajstić information content (AvgIpc) is 2.62. The number of hydrogen-bond acceptors (Lipinski definition) is 5. The maximum atomic E-state index is 5.92. The molecule has 0 amide bonds. The van der Waals surface area contributed by atoms with Crippen molar-refractivity contribution in [1.82, 2.24) is 9.97 Å². The summed E-state index contributed by atoms with van der Waals surface area (Å²) in [5.41, 5.74) is 8.20. The molecule has 1 heterocycles. The first-order chi connectivity index (χ1) is 12.5. The number of halogens is 2. The molecule has 3 aromatic rings. The maximum absolute atomic E-state index is 5.92. The summed E-state index contributed by atoms with van der Waals surface area (Å²) in [4.78, 5) is 8.59. The first kappa shape index (κ1) is 18.2. The van der Waals surface area contributed by atoms with Crippen LogP contribution >= 0.6 is 27.5 Å².